The first kappa shape index (κ1) is 15.2. The third-order valence-corrected chi connectivity index (χ3v) is 2.10. The fourth-order valence-corrected chi connectivity index (χ4v) is 1.38. The van der Waals surface area contributed by atoms with Crippen molar-refractivity contribution in [1.82, 2.24) is 4.90 Å². The third-order valence-electron chi connectivity index (χ3n) is 2.10. The van der Waals surface area contributed by atoms with Gasteiger partial charge in [0, 0.05) is 6.54 Å². The summed E-state index contributed by atoms with van der Waals surface area (Å²) in [6, 6.07) is 7.81. The normalized spacial score (nSPS) is 12.1. The highest BCUT2D eigenvalue weighted by atomic mass is 35.5. The number of benzene rings is 1. The fourth-order valence-electron chi connectivity index (χ4n) is 1.38. The zero-order valence-electron chi connectivity index (χ0n) is 10.0. The SMILES string of the molecule is Cc1ccccc1OCC(O)CN(C)C.Cl. The number of rotatable bonds is 5. The predicted octanol–water partition coefficient (Wildman–Crippen LogP) is 1.72. The van der Waals surface area contributed by atoms with Gasteiger partial charge in [-0.1, -0.05) is 18.2 Å². The second kappa shape index (κ2) is 7.49. The molecule has 0 aliphatic heterocycles. The van der Waals surface area contributed by atoms with Crippen LogP contribution in [-0.2, 0) is 0 Å². The molecule has 1 N–H and O–H groups in total. The first-order valence-corrected chi connectivity index (χ1v) is 5.11. The largest absolute Gasteiger partial charge is 0.491 e. The monoisotopic (exact) mass is 245 g/mol. The van der Waals surface area contributed by atoms with Crippen LogP contribution in [0.4, 0.5) is 0 Å². The van der Waals surface area contributed by atoms with Crippen LogP contribution in [0.2, 0.25) is 0 Å². The summed E-state index contributed by atoms with van der Waals surface area (Å²) in [4.78, 5) is 1.94. The number of likely N-dealkylation sites (N-methyl/N-ethyl adjacent to an activating group) is 1. The summed E-state index contributed by atoms with van der Waals surface area (Å²) in [6.07, 6.45) is -0.445. The van der Waals surface area contributed by atoms with E-state index in [4.69, 9.17) is 4.74 Å². The van der Waals surface area contributed by atoms with E-state index >= 15 is 0 Å². The Hall–Kier alpha value is -0.770. The molecular weight excluding hydrogens is 226 g/mol. The van der Waals surface area contributed by atoms with Crippen LogP contribution in [0.5, 0.6) is 5.75 Å². The molecule has 0 aliphatic carbocycles. The van der Waals surface area contributed by atoms with Crippen LogP contribution >= 0.6 is 12.4 Å². The lowest BCUT2D eigenvalue weighted by Gasteiger charge is -2.17. The van der Waals surface area contributed by atoms with E-state index < -0.39 is 6.10 Å². The number of aliphatic hydroxyl groups excluding tert-OH is 1. The van der Waals surface area contributed by atoms with Crippen molar-refractivity contribution in [3.63, 3.8) is 0 Å². The quantitative estimate of drug-likeness (QED) is 0.858. The van der Waals surface area contributed by atoms with E-state index in [0.717, 1.165) is 11.3 Å². The summed E-state index contributed by atoms with van der Waals surface area (Å²) in [7, 11) is 3.86. The Labute approximate surface area is 103 Å². The zero-order valence-corrected chi connectivity index (χ0v) is 10.8. The smallest absolute Gasteiger partial charge is 0.122 e. The predicted molar refractivity (Wildman–Crippen MR) is 68.5 cm³/mol. The van der Waals surface area contributed by atoms with E-state index in [1.54, 1.807) is 0 Å². The third kappa shape index (κ3) is 5.35. The minimum absolute atomic E-state index is 0. The molecule has 4 heteroatoms. The van der Waals surface area contributed by atoms with E-state index in [9.17, 15) is 5.11 Å². The summed E-state index contributed by atoms with van der Waals surface area (Å²) in [5.74, 6) is 0.843. The number of para-hydroxylation sites is 1. The Morgan fingerprint density at radius 3 is 2.50 bits per heavy atom. The van der Waals surface area contributed by atoms with Gasteiger partial charge in [-0.2, -0.15) is 0 Å². The molecule has 0 saturated heterocycles. The minimum atomic E-state index is -0.445. The molecule has 16 heavy (non-hydrogen) atoms. The van der Waals surface area contributed by atoms with Gasteiger partial charge >= 0.3 is 0 Å². The van der Waals surface area contributed by atoms with E-state index in [1.807, 2.05) is 50.2 Å². The Kier molecular flexibility index (Phi) is 7.13. The van der Waals surface area contributed by atoms with Crippen LogP contribution < -0.4 is 4.74 Å². The van der Waals surface area contributed by atoms with E-state index in [2.05, 4.69) is 0 Å². The Morgan fingerprint density at radius 2 is 1.94 bits per heavy atom. The highest BCUT2D eigenvalue weighted by Gasteiger charge is 2.07. The molecule has 1 aromatic carbocycles. The maximum absolute atomic E-state index is 9.61. The molecule has 0 amide bonds. The standard InChI is InChI=1S/C12H19NO2.ClH/c1-10-6-4-5-7-12(10)15-9-11(14)8-13(2)3;/h4-7,11,14H,8-9H2,1-3H3;1H. The summed E-state index contributed by atoms with van der Waals surface area (Å²) < 4.78 is 5.52. The summed E-state index contributed by atoms with van der Waals surface area (Å²) >= 11 is 0. The van der Waals surface area contributed by atoms with Crippen LogP contribution in [0.1, 0.15) is 5.56 Å². The molecule has 1 atom stereocenters. The number of aryl methyl sites for hydroxylation is 1. The van der Waals surface area contributed by atoms with E-state index in [0.29, 0.717) is 13.2 Å². The average Bonchev–Trinajstić information content (AvgIpc) is 2.15. The molecule has 92 valence electrons. The fraction of sp³-hybridized carbons (Fsp3) is 0.500. The van der Waals surface area contributed by atoms with Gasteiger partial charge in [-0.25, -0.2) is 0 Å². The Morgan fingerprint density at radius 1 is 1.31 bits per heavy atom. The van der Waals surface area contributed by atoms with E-state index in [1.165, 1.54) is 0 Å². The number of hydrogen-bond acceptors (Lipinski definition) is 3. The second-order valence-electron chi connectivity index (χ2n) is 3.99. The molecule has 3 nitrogen and oxygen atoms in total. The van der Waals surface area contributed by atoms with Crippen molar-refractivity contribution in [2.24, 2.45) is 0 Å². The summed E-state index contributed by atoms with van der Waals surface area (Å²) in [5.41, 5.74) is 1.09. The Balaban J connectivity index is 0.00000225. The highest BCUT2D eigenvalue weighted by Crippen LogP contribution is 2.16. The van der Waals surface area contributed by atoms with Crippen LogP contribution in [0, 0.1) is 6.92 Å². The average molecular weight is 246 g/mol. The van der Waals surface area contributed by atoms with Crippen molar-refractivity contribution in [2.75, 3.05) is 27.2 Å². The number of aliphatic hydroxyl groups is 1. The van der Waals surface area contributed by atoms with Gasteiger partial charge in [-0.15, -0.1) is 12.4 Å². The van der Waals surface area contributed by atoms with Gasteiger partial charge in [0.05, 0.1) is 0 Å². The van der Waals surface area contributed by atoms with Crippen molar-refractivity contribution in [2.45, 2.75) is 13.0 Å². The van der Waals surface area contributed by atoms with Gasteiger partial charge in [0.25, 0.3) is 0 Å². The molecule has 0 radical (unpaired) electrons. The van der Waals surface area contributed by atoms with Gasteiger partial charge in [0.15, 0.2) is 0 Å². The molecule has 0 aliphatic rings. The van der Waals surface area contributed by atoms with Gasteiger partial charge in [-0.3, -0.25) is 0 Å². The summed E-state index contributed by atoms with van der Waals surface area (Å²) in [6.45, 7) is 2.95. The number of nitrogens with zero attached hydrogens (tertiary/aromatic N) is 1. The molecule has 1 rings (SSSR count). The lowest BCUT2D eigenvalue weighted by molar-refractivity contribution is 0.0828. The zero-order chi connectivity index (χ0) is 11.3. The van der Waals surface area contributed by atoms with Crippen molar-refractivity contribution in [3.05, 3.63) is 29.8 Å². The molecule has 0 saturated carbocycles. The number of halogens is 1. The lowest BCUT2D eigenvalue weighted by atomic mass is 10.2. The lowest BCUT2D eigenvalue weighted by Crippen LogP contribution is -2.30. The molecule has 0 spiro atoms. The van der Waals surface area contributed by atoms with Crippen LogP contribution in [-0.4, -0.2) is 43.4 Å². The molecule has 0 bridgehead atoms. The van der Waals surface area contributed by atoms with Crippen molar-refractivity contribution in [3.8, 4) is 5.75 Å². The van der Waals surface area contributed by atoms with Crippen molar-refractivity contribution >= 4 is 12.4 Å². The minimum Gasteiger partial charge on any atom is -0.491 e. The van der Waals surface area contributed by atoms with Gasteiger partial charge < -0.3 is 14.7 Å². The van der Waals surface area contributed by atoms with E-state index in [-0.39, 0.29) is 12.4 Å². The first-order valence-electron chi connectivity index (χ1n) is 5.11. The maximum Gasteiger partial charge on any atom is 0.122 e. The van der Waals surface area contributed by atoms with Gasteiger partial charge in [-0.05, 0) is 32.6 Å². The molecular formula is C12H20ClNO2. The second-order valence-corrected chi connectivity index (χ2v) is 3.99. The van der Waals surface area contributed by atoms with Gasteiger partial charge in [0.1, 0.15) is 18.5 Å². The molecule has 1 unspecified atom stereocenters. The van der Waals surface area contributed by atoms with Crippen LogP contribution in [0.25, 0.3) is 0 Å². The number of ether oxygens (including phenoxy) is 1. The first-order chi connectivity index (χ1) is 7.09. The molecule has 1 aromatic rings. The molecule has 0 heterocycles. The van der Waals surface area contributed by atoms with Crippen molar-refractivity contribution < 1.29 is 9.84 Å². The highest BCUT2D eigenvalue weighted by molar-refractivity contribution is 5.85. The topological polar surface area (TPSA) is 32.7 Å². The molecule has 0 fully saturated rings. The van der Waals surface area contributed by atoms with Gasteiger partial charge in [0.2, 0.25) is 0 Å². The number of hydrogen-bond donors (Lipinski definition) is 1. The van der Waals surface area contributed by atoms with Crippen LogP contribution in [0.3, 0.4) is 0 Å². The maximum atomic E-state index is 9.61. The van der Waals surface area contributed by atoms with Crippen LogP contribution in [0.15, 0.2) is 24.3 Å². The summed E-state index contributed by atoms with van der Waals surface area (Å²) in [5, 5.41) is 9.61. The van der Waals surface area contributed by atoms with Crippen molar-refractivity contribution in [1.29, 1.82) is 0 Å². The molecule has 0 aromatic heterocycles. The Bertz CT molecular complexity index is 305.